The van der Waals surface area contributed by atoms with Crippen molar-refractivity contribution in [2.24, 2.45) is 0 Å². The molecule has 162 valence electrons. The standard InChI is InChI=1S/C20H24ClN3O5S/c1-24(14-15-6-4-3-5-7-15)30(27,28)16-8-9-18(21)17(12-16)20(26)23-13-19(25)22-10-11-29-2/h3-9,12H,10-11,13-14H2,1-2H3,(H,22,25)(H,23,26). The lowest BCUT2D eigenvalue weighted by Crippen LogP contribution is -2.38. The average Bonchev–Trinajstić information content (AvgIpc) is 2.73. The van der Waals surface area contributed by atoms with Crippen LogP contribution >= 0.6 is 11.6 Å². The molecule has 0 saturated heterocycles. The Balaban J connectivity index is 2.11. The summed E-state index contributed by atoms with van der Waals surface area (Å²) in [5.41, 5.74) is 0.797. The molecule has 0 atom stereocenters. The van der Waals surface area contributed by atoms with Crippen LogP contribution in [0.4, 0.5) is 0 Å². The lowest BCUT2D eigenvalue weighted by atomic mass is 10.2. The fraction of sp³-hybridized carbons (Fsp3) is 0.300. The molecule has 8 nitrogen and oxygen atoms in total. The second kappa shape index (κ2) is 11.1. The summed E-state index contributed by atoms with van der Waals surface area (Å²) in [7, 11) is -0.887. The van der Waals surface area contributed by atoms with Crippen LogP contribution in [0.5, 0.6) is 0 Å². The molecule has 0 radical (unpaired) electrons. The van der Waals surface area contributed by atoms with E-state index in [1.165, 1.54) is 36.7 Å². The highest BCUT2D eigenvalue weighted by atomic mass is 35.5. The molecule has 2 rings (SSSR count). The van der Waals surface area contributed by atoms with Gasteiger partial charge in [0.15, 0.2) is 0 Å². The smallest absolute Gasteiger partial charge is 0.253 e. The predicted molar refractivity (Wildman–Crippen MR) is 114 cm³/mol. The minimum Gasteiger partial charge on any atom is -0.383 e. The Hall–Kier alpha value is -2.46. The highest BCUT2D eigenvalue weighted by molar-refractivity contribution is 7.89. The Labute approximate surface area is 181 Å². The molecule has 2 aromatic carbocycles. The second-order valence-corrected chi connectivity index (χ2v) is 8.87. The molecule has 0 heterocycles. The van der Waals surface area contributed by atoms with E-state index in [2.05, 4.69) is 10.6 Å². The van der Waals surface area contributed by atoms with Gasteiger partial charge in [0.25, 0.3) is 5.91 Å². The molecule has 2 amide bonds. The maximum atomic E-state index is 12.9. The first kappa shape index (κ1) is 23.8. The summed E-state index contributed by atoms with van der Waals surface area (Å²) in [5, 5.41) is 5.07. The summed E-state index contributed by atoms with van der Waals surface area (Å²) in [6, 6.07) is 13.0. The second-order valence-electron chi connectivity index (χ2n) is 6.41. The van der Waals surface area contributed by atoms with Crippen molar-refractivity contribution in [1.29, 1.82) is 0 Å². The van der Waals surface area contributed by atoms with Crippen LogP contribution in [0.25, 0.3) is 0 Å². The highest BCUT2D eigenvalue weighted by Crippen LogP contribution is 2.23. The van der Waals surface area contributed by atoms with Crippen LogP contribution in [0.2, 0.25) is 5.02 Å². The normalized spacial score (nSPS) is 11.3. The molecule has 0 aliphatic rings. The van der Waals surface area contributed by atoms with Gasteiger partial charge in [-0.15, -0.1) is 0 Å². The van der Waals surface area contributed by atoms with E-state index in [9.17, 15) is 18.0 Å². The van der Waals surface area contributed by atoms with Gasteiger partial charge in [-0.3, -0.25) is 9.59 Å². The SMILES string of the molecule is COCCNC(=O)CNC(=O)c1cc(S(=O)(=O)N(C)Cc2ccccc2)ccc1Cl. The zero-order valence-electron chi connectivity index (χ0n) is 16.7. The van der Waals surface area contributed by atoms with Crippen molar-refractivity contribution in [2.75, 3.05) is 33.9 Å². The van der Waals surface area contributed by atoms with E-state index >= 15 is 0 Å². The number of nitrogens with one attached hydrogen (secondary N) is 2. The molecule has 0 aromatic heterocycles. The quantitative estimate of drug-likeness (QED) is 0.532. The third-order valence-electron chi connectivity index (χ3n) is 4.18. The van der Waals surface area contributed by atoms with Gasteiger partial charge < -0.3 is 15.4 Å². The van der Waals surface area contributed by atoms with Crippen molar-refractivity contribution in [3.05, 3.63) is 64.7 Å². The van der Waals surface area contributed by atoms with Gasteiger partial charge in [0.05, 0.1) is 28.6 Å². The number of carbonyl (C=O) groups is 2. The fourth-order valence-corrected chi connectivity index (χ4v) is 3.94. The van der Waals surface area contributed by atoms with Crippen LogP contribution in [0, 0.1) is 0 Å². The first-order chi connectivity index (χ1) is 14.3. The van der Waals surface area contributed by atoms with Crippen LogP contribution in [0.1, 0.15) is 15.9 Å². The number of nitrogens with zero attached hydrogens (tertiary/aromatic N) is 1. The monoisotopic (exact) mass is 453 g/mol. The third kappa shape index (κ3) is 6.53. The predicted octanol–water partition coefficient (Wildman–Crippen LogP) is 1.65. The summed E-state index contributed by atoms with van der Waals surface area (Å²) < 4.78 is 31.8. The van der Waals surface area contributed by atoms with Crippen LogP contribution in [-0.4, -0.2) is 58.4 Å². The number of methoxy groups -OCH3 is 1. The van der Waals surface area contributed by atoms with Gasteiger partial charge in [-0.2, -0.15) is 4.31 Å². The van der Waals surface area contributed by atoms with Crippen LogP contribution < -0.4 is 10.6 Å². The highest BCUT2D eigenvalue weighted by Gasteiger charge is 2.23. The lowest BCUT2D eigenvalue weighted by molar-refractivity contribution is -0.120. The van der Waals surface area contributed by atoms with E-state index in [-0.39, 0.29) is 28.6 Å². The van der Waals surface area contributed by atoms with Gasteiger partial charge in [-0.05, 0) is 23.8 Å². The van der Waals surface area contributed by atoms with Crippen molar-refractivity contribution in [3.63, 3.8) is 0 Å². The minimum atomic E-state index is -3.85. The molecular weight excluding hydrogens is 430 g/mol. The topological polar surface area (TPSA) is 105 Å². The number of amides is 2. The van der Waals surface area contributed by atoms with Gasteiger partial charge in [0.2, 0.25) is 15.9 Å². The summed E-state index contributed by atoms with van der Waals surface area (Å²) in [6.07, 6.45) is 0. The molecule has 0 spiro atoms. The number of halogens is 1. The number of hydrogen-bond acceptors (Lipinski definition) is 5. The Morgan fingerprint density at radius 3 is 2.47 bits per heavy atom. The number of carbonyl (C=O) groups excluding carboxylic acids is 2. The van der Waals surface area contributed by atoms with Crippen molar-refractivity contribution in [2.45, 2.75) is 11.4 Å². The summed E-state index contributed by atoms with van der Waals surface area (Å²) in [5.74, 6) is -1.05. The number of ether oxygens (including phenoxy) is 1. The molecule has 0 bridgehead atoms. The fourth-order valence-electron chi connectivity index (χ4n) is 2.56. The van der Waals surface area contributed by atoms with Gasteiger partial charge >= 0.3 is 0 Å². The molecule has 10 heteroatoms. The summed E-state index contributed by atoms with van der Waals surface area (Å²) in [4.78, 5) is 24.1. The Morgan fingerprint density at radius 2 is 1.80 bits per heavy atom. The van der Waals surface area contributed by atoms with E-state index < -0.39 is 21.8 Å². The van der Waals surface area contributed by atoms with Crippen molar-refractivity contribution in [1.82, 2.24) is 14.9 Å². The molecule has 0 unspecified atom stereocenters. The van der Waals surface area contributed by atoms with E-state index in [4.69, 9.17) is 16.3 Å². The van der Waals surface area contributed by atoms with Gasteiger partial charge in [0, 0.05) is 27.2 Å². The first-order valence-electron chi connectivity index (χ1n) is 9.09. The van der Waals surface area contributed by atoms with E-state index in [0.29, 0.717) is 13.2 Å². The Morgan fingerprint density at radius 1 is 1.10 bits per heavy atom. The zero-order chi connectivity index (χ0) is 22.1. The summed E-state index contributed by atoms with van der Waals surface area (Å²) >= 11 is 6.08. The van der Waals surface area contributed by atoms with Gasteiger partial charge in [0.1, 0.15) is 0 Å². The van der Waals surface area contributed by atoms with Crippen LogP contribution in [0.15, 0.2) is 53.4 Å². The van der Waals surface area contributed by atoms with E-state index in [0.717, 1.165) is 5.56 Å². The molecule has 0 aliphatic heterocycles. The molecule has 2 aromatic rings. The molecule has 0 saturated carbocycles. The van der Waals surface area contributed by atoms with Crippen molar-refractivity contribution >= 4 is 33.4 Å². The van der Waals surface area contributed by atoms with Crippen molar-refractivity contribution in [3.8, 4) is 0 Å². The number of benzene rings is 2. The average molecular weight is 454 g/mol. The largest absolute Gasteiger partial charge is 0.383 e. The number of rotatable bonds is 10. The maximum Gasteiger partial charge on any atom is 0.253 e. The van der Waals surface area contributed by atoms with E-state index in [1.54, 1.807) is 0 Å². The van der Waals surface area contributed by atoms with Crippen molar-refractivity contribution < 1.29 is 22.7 Å². The first-order valence-corrected chi connectivity index (χ1v) is 10.9. The molecule has 0 aliphatic carbocycles. The zero-order valence-corrected chi connectivity index (χ0v) is 18.3. The molecular formula is C20H24ClN3O5S. The Bertz CT molecular complexity index is 983. The third-order valence-corrected chi connectivity index (χ3v) is 6.31. The molecule has 30 heavy (non-hydrogen) atoms. The number of sulfonamides is 1. The maximum absolute atomic E-state index is 12.9. The van der Waals surface area contributed by atoms with Gasteiger partial charge in [-0.1, -0.05) is 41.9 Å². The minimum absolute atomic E-state index is 0.0319. The van der Waals surface area contributed by atoms with Gasteiger partial charge in [-0.25, -0.2) is 8.42 Å². The van der Waals surface area contributed by atoms with E-state index in [1.807, 2.05) is 30.3 Å². The molecule has 0 fully saturated rings. The van der Waals surface area contributed by atoms with Crippen LogP contribution in [0.3, 0.4) is 0 Å². The lowest BCUT2D eigenvalue weighted by Gasteiger charge is -2.18. The molecule has 2 N–H and O–H groups in total. The Kier molecular flexibility index (Phi) is 8.79. The van der Waals surface area contributed by atoms with Crippen LogP contribution in [-0.2, 0) is 26.1 Å². The number of hydrogen-bond donors (Lipinski definition) is 2. The summed E-state index contributed by atoms with van der Waals surface area (Å²) in [6.45, 7) is 0.564.